The minimum absolute atomic E-state index is 0.0670. The zero-order valence-corrected chi connectivity index (χ0v) is 10.6. The third kappa shape index (κ3) is 2.59. The molecule has 0 bridgehead atoms. The van der Waals surface area contributed by atoms with Crippen LogP contribution in [0.3, 0.4) is 0 Å². The molecule has 0 saturated carbocycles. The fraction of sp³-hybridized carbons (Fsp3) is 0.467. The van der Waals surface area contributed by atoms with Gasteiger partial charge in [0.1, 0.15) is 0 Å². The van der Waals surface area contributed by atoms with E-state index in [4.69, 9.17) is 9.47 Å². The van der Waals surface area contributed by atoms with Gasteiger partial charge in [-0.3, -0.25) is 0 Å². The highest BCUT2D eigenvalue weighted by Gasteiger charge is 2.37. The van der Waals surface area contributed by atoms with Gasteiger partial charge in [0.25, 0.3) is 0 Å². The van der Waals surface area contributed by atoms with Crippen LogP contribution in [0.5, 0.6) is 0 Å². The van der Waals surface area contributed by atoms with Gasteiger partial charge in [-0.25, -0.2) is 0 Å². The number of hydrogen-bond acceptors (Lipinski definition) is 2. The Morgan fingerprint density at radius 3 is 2.71 bits per heavy atom. The highest BCUT2D eigenvalue weighted by molar-refractivity contribution is 5.21. The lowest BCUT2D eigenvalue weighted by Crippen LogP contribution is -2.39. The van der Waals surface area contributed by atoms with Gasteiger partial charge in [0.2, 0.25) is 0 Å². The number of ether oxygens (including phenoxy) is 2. The maximum absolute atomic E-state index is 6.15. The zero-order chi connectivity index (χ0) is 12.3. The van der Waals surface area contributed by atoms with Crippen molar-refractivity contribution in [3.05, 3.63) is 48.0 Å². The van der Waals surface area contributed by atoms with E-state index in [0.717, 1.165) is 19.3 Å². The van der Waals surface area contributed by atoms with Crippen LogP contribution >= 0.6 is 0 Å². The van der Waals surface area contributed by atoms with E-state index in [1.54, 1.807) is 7.11 Å². The van der Waals surface area contributed by atoms with Crippen molar-refractivity contribution >= 4 is 0 Å². The summed E-state index contributed by atoms with van der Waals surface area (Å²) in [4.78, 5) is 0. The van der Waals surface area contributed by atoms with Crippen molar-refractivity contribution in [2.75, 3.05) is 7.11 Å². The topological polar surface area (TPSA) is 18.5 Å². The first-order chi connectivity index (χ1) is 8.19. The van der Waals surface area contributed by atoms with Crippen LogP contribution < -0.4 is 0 Å². The summed E-state index contributed by atoms with van der Waals surface area (Å²) in [5.74, 6) is -0.490. The summed E-state index contributed by atoms with van der Waals surface area (Å²) < 4.78 is 11.7. The summed E-state index contributed by atoms with van der Waals surface area (Å²) in [7, 11) is 1.71. The fourth-order valence-electron chi connectivity index (χ4n) is 2.38. The van der Waals surface area contributed by atoms with Gasteiger partial charge < -0.3 is 9.47 Å². The Bertz CT molecular complexity index is 379. The Balaban J connectivity index is 2.22. The van der Waals surface area contributed by atoms with Crippen LogP contribution in [0.4, 0.5) is 0 Å². The van der Waals surface area contributed by atoms with E-state index in [1.165, 1.54) is 11.1 Å². The molecule has 0 aliphatic carbocycles. The van der Waals surface area contributed by atoms with Crippen molar-refractivity contribution in [3.63, 3.8) is 0 Å². The number of methoxy groups -OCH3 is 1. The second-order valence-electron chi connectivity index (χ2n) is 4.62. The monoisotopic (exact) mass is 232 g/mol. The molecule has 0 unspecified atom stereocenters. The second-order valence-corrected chi connectivity index (χ2v) is 4.62. The Labute approximate surface area is 103 Å². The normalized spacial score (nSPS) is 29.3. The van der Waals surface area contributed by atoms with Crippen molar-refractivity contribution in [1.82, 2.24) is 0 Å². The molecule has 0 spiro atoms. The maximum atomic E-state index is 6.15. The van der Waals surface area contributed by atoms with Gasteiger partial charge in [-0.1, -0.05) is 49.4 Å². The lowest BCUT2D eigenvalue weighted by Gasteiger charge is -2.40. The number of hydrogen-bond donors (Lipinski definition) is 0. The molecular formula is C15H20O2. The van der Waals surface area contributed by atoms with Gasteiger partial charge >= 0.3 is 0 Å². The van der Waals surface area contributed by atoms with Gasteiger partial charge in [0, 0.05) is 13.5 Å². The van der Waals surface area contributed by atoms with Crippen molar-refractivity contribution in [2.24, 2.45) is 0 Å². The number of benzene rings is 1. The summed E-state index contributed by atoms with van der Waals surface area (Å²) in [6.07, 6.45) is 2.59. The third-order valence-corrected chi connectivity index (χ3v) is 3.43. The average Bonchev–Trinajstić information content (AvgIpc) is 2.39. The molecule has 0 amide bonds. The van der Waals surface area contributed by atoms with Crippen molar-refractivity contribution in [2.45, 2.75) is 38.1 Å². The first-order valence-corrected chi connectivity index (χ1v) is 6.13. The van der Waals surface area contributed by atoms with Crippen LogP contribution in [-0.2, 0) is 9.47 Å². The highest BCUT2D eigenvalue weighted by Crippen LogP contribution is 2.41. The molecule has 0 N–H and O–H groups in total. The van der Waals surface area contributed by atoms with E-state index >= 15 is 0 Å². The fourth-order valence-corrected chi connectivity index (χ4v) is 2.38. The molecule has 1 aliphatic heterocycles. The summed E-state index contributed by atoms with van der Waals surface area (Å²) in [5.41, 5.74) is 2.40. The third-order valence-electron chi connectivity index (χ3n) is 3.43. The molecule has 1 aromatic rings. The lowest BCUT2D eigenvalue weighted by molar-refractivity contribution is -0.261. The van der Waals surface area contributed by atoms with Gasteiger partial charge in [0.05, 0.1) is 6.10 Å². The van der Waals surface area contributed by atoms with Gasteiger partial charge in [0.15, 0.2) is 5.79 Å². The predicted octanol–water partition coefficient (Wildman–Crippen LogP) is 3.85. The van der Waals surface area contributed by atoms with Crippen LogP contribution in [0.2, 0.25) is 0 Å². The van der Waals surface area contributed by atoms with E-state index in [9.17, 15) is 0 Å². The van der Waals surface area contributed by atoms with Crippen LogP contribution in [-0.4, -0.2) is 12.9 Å². The van der Waals surface area contributed by atoms with Crippen LogP contribution in [0.1, 0.15) is 37.9 Å². The van der Waals surface area contributed by atoms with Crippen molar-refractivity contribution in [3.8, 4) is 0 Å². The molecule has 1 saturated heterocycles. The Morgan fingerprint density at radius 1 is 1.41 bits per heavy atom. The molecule has 0 radical (unpaired) electrons. The second kappa shape index (κ2) is 5.03. The minimum atomic E-state index is -0.490. The van der Waals surface area contributed by atoms with Gasteiger partial charge in [-0.15, -0.1) is 0 Å². The molecule has 17 heavy (non-hydrogen) atoms. The first kappa shape index (κ1) is 12.3. The Morgan fingerprint density at radius 2 is 2.12 bits per heavy atom. The Kier molecular flexibility index (Phi) is 3.65. The zero-order valence-electron chi connectivity index (χ0n) is 10.6. The van der Waals surface area contributed by atoms with Crippen LogP contribution in [0.15, 0.2) is 42.5 Å². The molecule has 2 rings (SSSR count). The molecule has 1 aliphatic rings. The summed E-state index contributed by atoms with van der Waals surface area (Å²) in [6, 6.07) is 10.3. The largest absolute Gasteiger partial charge is 0.353 e. The minimum Gasteiger partial charge on any atom is -0.353 e. The van der Waals surface area contributed by atoms with E-state index in [1.807, 2.05) is 18.2 Å². The molecule has 2 atom stereocenters. The quantitative estimate of drug-likeness (QED) is 0.737. The van der Waals surface area contributed by atoms with Crippen LogP contribution in [0, 0.1) is 0 Å². The van der Waals surface area contributed by atoms with E-state index < -0.39 is 5.79 Å². The predicted molar refractivity (Wildman–Crippen MR) is 68.7 cm³/mol. The summed E-state index contributed by atoms with van der Waals surface area (Å²) in [5, 5.41) is 0. The smallest absolute Gasteiger partial charge is 0.172 e. The van der Waals surface area contributed by atoms with Crippen LogP contribution in [0.25, 0.3) is 0 Å². The number of rotatable bonds is 3. The van der Waals surface area contributed by atoms with Crippen molar-refractivity contribution < 1.29 is 9.47 Å². The molecule has 1 heterocycles. The molecule has 1 aromatic carbocycles. The lowest BCUT2D eigenvalue weighted by atomic mass is 9.92. The highest BCUT2D eigenvalue weighted by atomic mass is 16.7. The van der Waals surface area contributed by atoms with E-state index in [2.05, 4.69) is 25.6 Å². The first-order valence-electron chi connectivity index (χ1n) is 6.13. The summed E-state index contributed by atoms with van der Waals surface area (Å²) >= 11 is 0. The van der Waals surface area contributed by atoms with Crippen molar-refractivity contribution in [1.29, 1.82) is 0 Å². The van der Waals surface area contributed by atoms with Gasteiger partial charge in [-0.2, -0.15) is 0 Å². The molecule has 2 nitrogen and oxygen atoms in total. The molecule has 92 valence electrons. The molecule has 2 heteroatoms. The molecular weight excluding hydrogens is 212 g/mol. The molecule has 0 aromatic heterocycles. The van der Waals surface area contributed by atoms with E-state index in [-0.39, 0.29) is 6.10 Å². The maximum Gasteiger partial charge on any atom is 0.172 e. The molecule has 1 fully saturated rings. The summed E-state index contributed by atoms with van der Waals surface area (Å²) in [6.45, 7) is 6.21. The van der Waals surface area contributed by atoms with E-state index in [0.29, 0.717) is 0 Å². The average molecular weight is 232 g/mol. The SMILES string of the molecule is C=C1C[C@@H](c2ccccc2)O[C@](CC)(OC)C1. The standard InChI is InChI=1S/C15H20O2/c1-4-15(16-3)11-12(2)10-14(17-15)13-8-6-5-7-9-13/h5-9,14H,2,4,10-11H2,1,3H3/t14-,15-/m0/s1. The Hall–Kier alpha value is -1.12. The van der Waals surface area contributed by atoms with Gasteiger partial charge in [-0.05, 0) is 18.4 Å².